The highest BCUT2D eigenvalue weighted by atomic mass is 16.7. The van der Waals surface area contributed by atoms with Crippen molar-refractivity contribution in [2.24, 2.45) is 5.92 Å². The summed E-state index contributed by atoms with van der Waals surface area (Å²) in [5.74, 6) is 0.240. The van der Waals surface area contributed by atoms with Gasteiger partial charge in [-0.3, -0.25) is 0 Å². The third kappa shape index (κ3) is 2.33. The van der Waals surface area contributed by atoms with Crippen molar-refractivity contribution < 1.29 is 24.1 Å². The number of nitrogen functional groups attached to an aromatic ring is 1. The van der Waals surface area contributed by atoms with E-state index in [-0.39, 0.29) is 25.5 Å². The van der Waals surface area contributed by atoms with Gasteiger partial charge in [0, 0.05) is 20.1 Å². The van der Waals surface area contributed by atoms with Gasteiger partial charge in [0.25, 0.3) is 0 Å². The second-order valence-electron chi connectivity index (χ2n) is 7.02. The van der Waals surface area contributed by atoms with E-state index in [1.54, 1.807) is 13.4 Å². The highest BCUT2D eigenvalue weighted by molar-refractivity contribution is 5.81. The van der Waals surface area contributed by atoms with Crippen LogP contribution in [-0.2, 0) is 18.9 Å². The third-order valence-corrected chi connectivity index (χ3v) is 5.50. The number of nitrogens with two attached hydrogens (primary N) is 1. The first-order valence-corrected chi connectivity index (χ1v) is 8.36. The van der Waals surface area contributed by atoms with E-state index in [0.29, 0.717) is 23.4 Å². The quantitative estimate of drug-likeness (QED) is 0.656. The molecule has 0 amide bonds. The Bertz CT molecular complexity index is 815. The van der Waals surface area contributed by atoms with Crippen LogP contribution in [0, 0.1) is 5.92 Å². The Kier molecular flexibility index (Phi) is 4.12. The molecule has 3 N–H and O–H groups in total. The standard InChI is InChI=1S/C16H23N5O5/c1-15(26-8-24-3)11(9-4-16(9,22)14(15)25-7-23-2)21-6-20-10-12(17)18-5-19-13(10)21/h5-6,9,11,14,22H,4,7-8H2,1-3H3,(H2,17,18,19)/t9?,11-,14?,15+,16+/m1/s1. The molecule has 26 heavy (non-hydrogen) atoms. The Morgan fingerprint density at radius 2 is 2.04 bits per heavy atom. The summed E-state index contributed by atoms with van der Waals surface area (Å²) in [6, 6.07) is -0.260. The van der Waals surface area contributed by atoms with Crippen molar-refractivity contribution in [3.8, 4) is 0 Å². The number of hydrogen-bond donors (Lipinski definition) is 2. The zero-order chi connectivity index (χ0) is 18.5. The second kappa shape index (κ2) is 6.10. The normalized spacial score (nSPS) is 35.8. The van der Waals surface area contributed by atoms with E-state index in [1.165, 1.54) is 13.4 Å². The maximum absolute atomic E-state index is 11.1. The largest absolute Gasteiger partial charge is 0.387 e. The number of nitrogens with zero attached hydrogens (tertiary/aromatic N) is 4. The molecule has 2 saturated carbocycles. The SMILES string of the molecule is COCOC1[C@]2(O)CC2[C@@H](n2cnc3c(N)ncnc32)[C@]1(C)OCOC. The summed E-state index contributed by atoms with van der Waals surface area (Å²) in [5, 5.41) is 11.1. The fraction of sp³-hybridized carbons (Fsp3) is 0.688. The van der Waals surface area contributed by atoms with Crippen LogP contribution in [0.25, 0.3) is 11.2 Å². The number of anilines is 1. The van der Waals surface area contributed by atoms with E-state index in [4.69, 9.17) is 24.7 Å². The molecule has 2 aliphatic rings. The summed E-state index contributed by atoms with van der Waals surface area (Å²) in [6.45, 7) is 2.02. The lowest BCUT2D eigenvalue weighted by atomic mass is 9.91. The number of fused-ring (bicyclic) bond motifs is 2. The molecule has 0 aliphatic heterocycles. The van der Waals surface area contributed by atoms with E-state index >= 15 is 0 Å². The Hall–Kier alpha value is -1.85. The molecule has 10 nitrogen and oxygen atoms in total. The van der Waals surface area contributed by atoms with Gasteiger partial charge in [0.05, 0.1) is 18.0 Å². The van der Waals surface area contributed by atoms with E-state index in [1.807, 2.05) is 11.5 Å². The van der Waals surface area contributed by atoms with Crippen molar-refractivity contribution in [3.05, 3.63) is 12.7 Å². The van der Waals surface area contributed by atoms with Crippen molar-refractivity contribution in [2.75, 3.05) is 33.5 Å². The van der Waals surface area contributed by atoms with Crippen LogP contribution >= 0.6 is 0 Å². The Balaban J connectivity index is 1.79. The number of rotatable bonds is 7. The molecule has 0 aromatic carbocycles. The number of hydrogen-bond acceptors (Lipinski definition) is 9. The molecular weight excluding hydrogens is 342 g/mol. The van der Waals surface area contributed by atoms with Crippen LogP contribution in [0.2, 0.25) is 0 Å². The minimum absolute atomic E-state index is 0.0537. The Labute approximate surface area is 150 Å². The third-order valence-electron chi connectivity index (χ3n) is 5.50. The maximum Gasteiger partial charge on any atom is 0.165 e. The first-order chi connectivity index (χ1) is 12.5. The summed E-state index contributed by atoms with van der Waals surface area (Å²) in [7, 11) is 3.09. The molecular formula is C16H23N5O5. The van der Waals surface area contributed by atoms with Gasteiger partial charge in [-0.25, -0.2) is 15.0 Å². The van der Waals surface area contributed by atoms with Gasteiger partial charge in [0.1, 0.15) is 37.1 Å². The minimum Gasteiger partial charge on any atom is -0.387 e. The van der Waals surface area contributed by atoms with Gasteiger partial charge in [-0.05, 0) is 13.3 Å². The average Bonchev–Trinajstić information content (AvgIpc) is 3.01. The topological polar surface area (TPSA) is 127 Å². The van der Waals surface area contributed by atoms with Crippen molar-refractivity contribution >= 4 is 17.0 Å². The monoisotopic (exact) mass is 365 g/mol. The number of aromatic nitrogens is 4. The molecule has 0 bridgehead atoms. The number of aliphatic hydroxyl groups is 1. The van der Waals surface area contributed by atoms with Crippen LogP contribution in [0.4, 0.5) is 5.82 Å². The molecule has 5 atom stereocenters. The van der Waals surface area contributed by atoms with E-state index in [2.05, 4.69) is 15.0 Å². The van der Waals surface area contributed by atoms with Crippen LogP contribution in [0.1, 0.15) is 19.4 Å². The molecule has 10 heteroatoms. The summed E-state index contributed by atoms with van der Waals surface area (Å²) in [5.41, 5.74) is 5.15. The van der Waals surface area contributed by atoms with Gasteiger partial charge in [0.15, 0.2) is 11.5 Å². The summed E-state index contributed by atoms with van der Waals surface area (Å²) < 4.78 is 23.9. The van der Waals surface area contributed by atoms with Gasteiger partial charge >= 0.3 is 0 Å². The van der Waals surface area contributed by atoms with Crippen molar-refractivity contribution in [1.82, 2.24) is 19.5 Å². The van der Waals surface area contributed by atoms with E-state index in [9.17, 15) is 5.11 Å². The Morgan fingerprint density at radius 1 is 1.27 bits per heavy atom. The van der Waals surface area contributed by atoms with E-state index < -0.39 is 17.3 Å². The van der Waals surface area contributed by atoms with Crippen molar-refractivity contribution in [1.29, 1.82) is 0 Å². The first kappa shape index (κ1) is 17.6. The molecule has 2 aliphatic carbocycles. The molecule has 4 rings (SSSR count). The molecule has 142 valence electrons. The molecule has 2 aromatic rings. The van der Waals surface area contributed by atoms with Crippen LogP contribution in [0.5, 0.6) is 0 Å². The fourth-order valence-corrected chi connectivity index (χ4v) is 4.37. The van der Waals surface area contributed by atoms with Crippen molar-refractivity contribution in [2.45, 2.75) is 36.7 Å². The van der Waals surface area contributed by atoms with E-state index in [0.717, 1.165) is 0 Å². The molecule has 0 spiro atoms. The molecule has 2 heterocycles. The zero-order valence-corrected chi connectivity index (χ0v) is 15.0. The summed E-state index contributed by atoms with van der Waals surface area (Å²) in [6.07, 6.45) is 3.07. The molecule has 0 radical (unpaired) electrons. The second-order valence-corrected chi connectivity index (χ2v) is 7.02. The van der Waals surface area contributed by atoms with Gasteiger partial charge in [-0.1, -0.05) is 0 Å². The van der Waals surface area contributed by atoms with Gasteiger partial charge in [0.2, 0.25) is 0 Å². The van der Waals surface area contributed by atoms with Gasteiger partial charge < -0.3 is 34.4 Å². The number of imidazole rings is 1. The predicted molar refractivity (Wildman–Crippen MR) is 89.9 cm³/mol. The molecule has 2 aromatic heterocycles. The number of ether oxygens (including phenoxy) is 4. The summed E-state index contributed by atoms with van der Waals surface area (Å²) in [4.78, 5) is 12.7. The zero-order valence-electron chi connectivity index (χ0n) is 15.0. The molecule has 2 fully saturated rings. The van der Waals surface area contributed by atoms with Crippen LogP contribution in [0.15, 0.2) is 12.7 Å². The maximum atomic E-state index is 11.1. The van der Waals surface area contributed by atoms with Crippen LogP contribution < -0.4 is 5.73 Å². The fourth-order valence-electron chi connectivity index (χ4n) is 4.37. The Morgan fingerprint density at radius 3 is 2.77 bits per heavy atom. The van der Waals surface area contributed by atoms with Gasteiger partial charge in [-0.15, -0.1) is 0 Å². The van der Waals surface area contributed by atoms with Crippen molar-refractivity contribution in [3.63, 3.8) is 0 Å². The highest BCUT2D eigenvalue weighted by Gasteiger charge is 2.77. The smallest absolute Gasteiger partial charge is 0.165 e. The minimum atomic E-state index is -0.999. The summed E-state index contributed by atoms with van der Waals surface area (Å²) >= 11 is 0. The van der Waals surface area contributed by atoms with Crippen LogP contribution in [0.3, 0.4) is 0 Å². The van der Waals surface area contributed by atoms with Crippen LogP contribution in [-0.4, -0.2) is 69.7 Å². The first-order valence-electron chi connectivity index (χ1n) is 8.36. The predicted octanol–water partition coefficient (Wildman–Crippen LogP) is 0.0825. The number of methoxy groups -OCH3 is 2. The average molecular weight is 365 g/mol. The lowest BCUT2D eigenvalue weighted by molar-refractivity contribution is -0.226. The lowest BCUT2D eigenvalue weighted by Crippen LogP contribution is -2.51. The lowest BCUT2D eigenvalue weighted by Gasteiger charge is -2.39. The molecule has 2 unspecified atom stereocenters. The molecule has 0 saturated heterocycles. The highest BCUT2D eigenvalue weighted by Crippen LogP contribution is 2.66. The van der Waals surface area contributed by atoms with Gasteiger partial charge in [-0.2, -0.15) is 0 Å².